The number of nitro benzene ring substituents is 1. The van der Waals surface area contributed by atoms with Gasteiger partial charge >= 0.3 is 0 Å². The van der Waals surface area contributed by atoms with Crippen LogP contribution in [-0.4, -0.2) is 16.6 Å². The Morgan fingerprint density at radius 3 is 2.22 bits per heavy atom. The van der Waals surface area contributed by atoms with Gasteiger partial charge in [0.25, 0.3) is 5.69 Å². The van der Waals surface area contributed by atoms with Crippen molar-refractivity contribution in [2.45, 2.75) is 19.3 Å². The van der Waals surface area contributed by atoms with Crippen LogP contribution < -0.4 is 5.32 Å². The Hall–Kier alpha value is -3.02. The van der Waals surface area contributed by atoms with E-state index in [9.17, 15) is 19.7 Å². The van der Waals surface area contributed by atoms with Gasteiger partial charge in [0.1, 0.15) is 0 Å². The zero-order valence-electron chi connectivity index (χ0n) is 12.4. The monoisotopic (exact) mass is 312 g/mol. The molecule has 23 heavy (non-hydrogen) atoms. The van der Waals surface area contributed by atoms with Crippen LogP contribution in [0.1, 0.15) is 29.6 Å². The lowest BCUT2D eigenvalue weighted by Crippen LogP contribution is -2.12. The number of Topliss-reactive ketones (excluding diaryl/α,β-unsaturated/α-hetero) is 1. The molecule has 6 heteroatoms. The minimum absolute atomic E-state index is 0.00809. The first-order chi connectivity index (χ1) is 11.1. The standard InChI is InChI=1S/C17H16N2O4/c20-16(13-5-2-1-3-6-13)7-4-8-17(21)18-14-9-11-15(12-10-14)19(22)23/h1-3,5-6,9-12H,4,7-8H2,(H,18,21). The molecular weight excluding hydrogens is 296 g/mol. The Morgan fingerprint density at radius 2 is 1.61 bits per heavy atom. The van der Waals surface area contributed by atoms with Crippen LogP contribution in [0.5, 0.6) is 0 Å². The number of nitro groups is 1. The third-order valence-electron chi connectivity index (χ3n) is 3.27. The summed E-state index contributed by atoms with van der Waals surface area (Å²) >= 11 is 0. The molecule has 0 saturated heterocycles. The molecule has 0 aliphatic carbocycles. The molecule has 6 nitrogen and oxygen atoms in total. The van der Waals surface area contributed by atoms with Gasteiger partial charge in [0.2, 0.25) is 5.91 Å². The highest BCUT2D eigenvalue weighted by atomic mass is 16.6. The lowest BCUT2D eigenvalue weighted by Gasteiger charge is -2.05. The summed E-state index contributed by atoms with van der Waals surface area (Å²) in [5, 5.41) is 13.2. The molecule has 0 unspecified atom stereocenters. The highest BCUT2D eigenvalue weighted by Crippen LogP contribution is 2.16. The maximum atomic E-state index is 11.9. The Morgan fingerprint density at radius 1 is 0.957 bits per heavy atom. The van der Waals surface area contributed by atoms with E-state index in [-0.39, 0.29) is 23.8 Å². The second kappa shape index (κ2) is 7.84. The van der Waals surface area contributed by atoms with Crippen LogP contribution in [0.3, 0.4) is 0 Å². The predicted octanol–water partition coefficient (Wildman–Crippen LogP) is 3.59. The molecule has 0 saturated carbocycles. The largest absolute Gasteiger partial charge is 0.326 e. The van der Waals surface area contributed by atoms with Crippen molar-refractivity contribution in [1.29, 1.82) is 0 Å². The smallest absolute Gasteiger partial charge is 0.269 e. The first-order valence-corrected chi connectivity index (χ1v) is 7.19. The first kappa shape index (κ1) is 16.4. The van der Waals surface area contributed by atoms with Crippen molar-refractivity contribution >= 4 is 23.1 Å². The van der Waals surface area contributed by atoms with Crippen molar-refractivity contribution < 1.29 is 14.5 Å². The molecule has 0 atom stereocenters. The number of carbonyl (C=O) groups is 2. The summed E-state index contributed by atoms with van der Waals surface area (Å²) in [7, 11) is 0. The number of amides is 1. The number of hydrogen-bond donors (Lipinski definition) is 1. The molecule has 118 valence electrons. The fourth-order valence-corrected chi connectivity index (χ4v) is 2.07. The Kier molecular flexibility index (Phi) is 5.57. The molecule has 0 aliphatic rings. The van der Waals surface area contributed by atoms with Crippen LogP contribution in [-0.2, 0) is 4.79 Å². The van der Waals surface area contributed by atoms with Crippen LogP contribution in [0.15, 0.2) is 54.6 Å². The second-order valence-corrected chi connectivity index (χ2v) is 4.99. The molecule has 0 aliphatic heterocycles. The Labute approximate surface area is 133 Å². The highest BCUT2D eigenvalue weighted by molar-refractivity contribution is 5.96. The van der Waals surface area contributed by atoms with Gasteiger partial charge in [-0.25, -0.2) is 0 Å². The lowest BCUT2D eigenvalue weighted by molar-refractivity contribution is -0.384. The molecule has 0 aromatic heterocycles. The second-order valence-electron chi connectivity index (χ2n) is 4.99. The number of anilines is 1. The fourth-order valence-electron chi connectivity index (χ4n) is 2.07. The summed E-state index contributed by atoms with van der Waals surface area (Å²) in [5.74, 6) is -0.214. The van der Waals surface area contributed by atoms with Gasteiger partial charge in [-0.1, -0.05) is 30.3 Å². The van der Waals surface area contributed by atoms with Crippen molar-refractivity contribution in [3.05, 3.63) is 70.3 Å². The van der Waals surface area contributed by atoms with E-state index < -0.39 is 4.92 Å². The molecule has 2 aromatic rings. The van der Waals surface area contributed by atoms with E-state index in [1.54, 1.807) is 24.3 Å². The van der Waals surface area contributed by atoms with Gasteiger partial charge in [-0.05, 0) is 18.6 Å². The molecule has 0 spiro atoms. The number of nitrogens with one attached hydrogen (secondary N) is 1. The summed E-state index contributed by atoms with van der Waals surface area (Å²) in [5.41, 5.74) is 1.11. The molecule has 0 radical (unpaired) electrons. The third kappa shape index (κ3) is 5.03. The van der Waals surface area contributed by atoms with Gasteiger partial charge in [0.05, 0.1) is 4.92 Å². The normalized spacial score (nSPS) is 10.1. The predicted molar refractivity (Wildman–Crippen MR) is 86.3 cm³/mol. The number of non-ortho nitro benzene ring substituents is 1. The molecule has 0 bridgehead atoms. The van der Waals surface area contributed by atoms with E-state index >= 15 is 0 Å². The Balaban J connectivity index is 1.77. The Bertz CT molecular complexity index is 696. The zero-order chi connectivity index (χ0) is 16.7. The highest BCUT2D eigenvalue weighted by Gasteiger charge is 2.09. The summed E-state index contributed by atoms with van der Waals surface area (Å²) < 4.78 is 0. The van der Waals surface area contributed by atoms with Gasteiger partial charge in [-0.2, -0.15) is 0 Å². The summed E-state index contributed by atoms with van der Waals surface area (Å²) in [6.45, 7) is 0. The maximum absolute atomic E-state index is 11.9. The van der Waals surface area contributed by atoms with E-state index in [0.29, 0.717) is 24.1 Å². The van der Waals surface area contributed by atoms with E-state index in [4.69, 9.17) is 0 Å². The maximum Gasteiger partial charge on any atom is 0.269 e. The van der Waals surface area contributed by atoms with Crippen molar-refractivity contribution in [2.24, 2.45) is 0 Å². The summed E-state index contributed by atoms with van der Waals surface area (Å²) in [4.78, 5) is 33.7. The quantitative estimate of drug-likeness (QED) is 0.480. The first-order valence-electron chi connectivity index (χ1n) is 7.19. The van der Waals surface area contributed by atoms with E-state index in [2.05, 4.69) is 5.32 Å². The fraction of sp³-hybridized carbons (Fsp3) is 0.176. The molecule has 2 rings (SSSR count). The number of rotatable bonds is 7. The number of hydrogen-bond acceptors (Lipinski definition) is 4. The zero-order valence-corrected chi connectivity index (χ0v) is 12.4. The molecule has 0 heterocycles. The average Bonchev–Trinajstić information content (AvgIpc) is 2.56. The van der Waals surface area contributed by atoms with Crippen molar-refractivity contribution in [3.63, 3.8) is 0 Å². The van der Waals surface area contributed by atoms with Gasteiger partial charge in [-0.15, -0.1) is 0 Å². The summed E-state index contributed by atoms with van der Waals surface area (Å²) in [6, 6.07) is 14.6. The minimum Gasteiger partial charge on any atom is -0.326 e. The molecule has 1 amide bonds. The van der Waals surface area contributed by atoms with Gasteiger partial charge in [0, 0.05) is 36.2 Å². The van der Waals surface area contributed by atoms with Crippen LogP contribution in [0.25, 0.3) is 0 Å². The third-order valence-corrected chi connectivity index (χ3v) is 3.27. The molecule has 2 aromatic carbocycles. The van der Waals surface area contributed by atoms with Gasteiger partial charge in [-0.3, -0.25) is 19.7 Å². The van der Waals surface area contributed by atoms with Crippen LogP contribution in [0, 0.1) is 10.1 Å². The van der Waals surface area contributed by atoms with E-state index in [1.807, 2.05) is 6.07 Å². The molecular formula is C17H16N2O4. The van der Waals surface area contributed by atoms with Gasteiger partial charge in [0.15, 0.2) is 5.78 Å². The number of benzene rings is 2. The topological polar surface area (TPSA) is 89.3 Å². The number of ketones is 1. The minimum atomic E-state index is -0.499. The van der Waals surface area contributed by atoms with Crippen molar-refractivity contribution in [1.82, 2.24) is 0 Å². The van der Waals surface area contributed by atoms with Gasteiger partial charge < -0.3 is 5.32 Å². The summed E-state index contributed by atoms with van der Waals surface area (Å²) in [6.07, 6.45) is 0.972. The van der Waals surface area contributed by atoms with Crippen LogP contribution in [0.4, 0.5) is 11.4 Å². The van der Waals surface area contributed by atoms with Crippen LogP contribution >= 0.6 is 0 Å². The number of carbonyl (C=O) groups excluding carboxylic acids is 2. The van der Waals surface area contributed by atoms with E-state index in [1.165, 1.54) is 24.3 Å². The van der Waals surface area contributed by atoms with Crippen molar-refractivity contribution in [3.8, 4) is 0 Å². The van der Waals surface area contributed by atoms with Crippen LogP contribution in [0.2, 0.25) is 0 Å². The average molecular weight is 312 g/mol. The lowest BCUT2D eigenvalue weighted by atomic mass is 10.1. The SMILES string of the molecule is O=C(CCCC(=O)c1ccccc1)Nc1ccc([N+](=O)[O-])cc1. The molecule has 0 fully saturated rings. The molecule has 1 N–H and O–H groups in total. The van der Waals surface area contributed by atoms with Crippen molar-refractivity contribution in [2.75, 3.05) is 5.32 Å². The van der Waals surface area contributed by atoms with E-state index in [0.717, 1.165) is 0 Å². The number of nitrogens with zero attached hydrogens (tertiary/aromatic N) is 1.